The van der Waals surface area contributed by atoms with E-state index in [4.69, 9.17) is 0 Å². The maximum absolute atomic E-state index is 3.68. The largest absolute Gasteiger partial charge is 0.310 e. The number of benzene rings is 3. The fraction of sp³-hybridized carbons (Fsp3) is 0.217. The van der Waals surface area contributed by atoms with Gasteiger partial charge < -0.3 is 4.90 Å². The summed E-state index contributed by atoms with van der Waals surface area (Å²) in [6.07, 6.45) is 0. The topological polar surface area (TPSA) is 3.24 Å². The molecule has 0 N–H and O–H groups in total. The fourth-order valence-electron chi connectivity index (χ4n) is 2.90. The number of nitrogens with zero attached hydrogens (tertiary/aromatic N) is 1. The summed E-state index contributed by atoms with van der Waals surface area (Å²) in [5.74, 6) is 0. The molecule has 0 amide bonds. The lowest BCUT2D eigenvalue weighted by Gasteiger charge is -2.27. The third-order valence-electron chi connectivity index (χ3n) is 4.91. The van der Waals surface area contributed by atoms with Crippen molar-refractivity contribution in [2.24, 2.45) is 0 Å². The molecule has 3 aromatic rings. The van der Waals surface area contributed by atoms with Crippen LogP contribution in [0, 0.1) is 34.6 Å². The minimum atomic E-state index is 1.13. The van der Waals surface area contributed by atoms with Crippen molar-refractivity contribution in [3.05, 3.63) is 86.9 Å². The summed E-state index contributed by atoms with van der Waals surface area (Å²) in [5.41, 5.74) is 10.00. The van der Waals surface area contributed by atoms with Gasteiger partial charge in [0.25, 0.3) is 0 Å². The zero-order chi connectivity index (χ0) is 18.1. The zero-order valence-corrected chi connectivity index (χ0v) is 17.1. The highest BCUT2D eigenvalue weighted by Crippen LogP contribution is 2.37. The molecule has 0 bridgehead atoms. The first kappa shape index (κ1) is 17.8. The van der Waals surface area contributed by atoms with Gasteiger partial charge in [-0.05, 0) is 98.8 Å². The monoisotopic (exact) mass is 393 g/mol. The summed E-state index contributed by atoms with van der Waals surface area (Å²) in [5, 5.41) is 0. The summed E-state index contributed by atoms with van der Waals surface area (Å²) in [7, 11) is 0. The molecule has 0 aromatic heterocycles. The molecule has 0 heterocycles. The molecule has 3 rings (SSSR count). The molecular formula is C23H24BrN. The molecule has 2 heteroatoms. The Kier molecular flexibility index (Phi) is 5.01. The van der Waals surface area contributed by atoms with Crippen LogP contribution in [0.3, 0.4) is 0 Å². The number of hydrogen-bond donors (Lipinski definition) is 0. The summed E-state index contributed by atoms with van der Waals surface area (Å²) in [6.45, 7) is 10.8. The minimum absolute atomic E-state index is 1.13. The highest BCUT2D eigenvalue weighted by molar-refractivity contribution is 9.10. The van der Waals surface area contributed by atoms with Crippen LogP contribution in [0.1, 0.15) is 27.8 Å². The predicted octanol–water partition coefficient (Wildman–Crippen LogP) is 7.46. The molecule has 0 aliphatic carbocycles. The molecule has 0 aliphatic rings. The van der Waals surface area contributed by atoms with Gasteiger partial charge in [-0.1, -0.05) is 34.1 Å². The van der Waals surface area contributed by atoms with E-state index in [0.29, 0.717) is 0 Å². The van der Waals surface area contributed by atoms with Gasteiger partial charge in [0.15, 0.2) is 0 Å². The Morgan fingerprint density at radius 3 is 1.32 bits per heavy atom. The van der Waals surface area contributed by atoms with Crippen molar-refractivity contribution in [3.63, 3.8) is 0 Å². The Morgan fingerprint density at radius 1 is 0.520 bits per heavy atom. The lowest BCUT2D eigenvalue weighted by atomic mass is 10.1. The van der Waals surface area contributed by atoms with Gasteiger partial charge >= 0.3 is 0 Å². The molecule has 0 radical (unpaired) electrons. The average Bonchev–Trinajstić information content (AvgIpc) is 2.57. The van der Waals surface area contributed by atoms with Crippen molar-refractivity contribution in [1.29, 1.82) is 0 Å². The third kappa shape index (κ3) is 3.64. The molecule has 128 valence electrons. The molecule has 3 aromatic carbocycles. The second-order valence-corrected chi connectivity index (χ2v) is 7.66. The molecule has 0 saturated carbocycles. The first-order chi connectivity index (χ1) is 11.9. The second kappa shape index (κ2) is 7.05. The molecule has 0 unspecified atom stereocenters. The van der Waals surface area contributed by atoms with Crippen molar-refractivity contribution in [3.8, 4) is 0 Å². The summed E-state index contributed by atoms with van der Waals surface area (Å²) < 4.78 is 1.13. The fourth-order valence-corrected chi connectivity index (χ4v) is 3.26. The van der Waals surface area contributed by atoms with Gasteiger partial charge in [-0.3, -0.25) is 0 Å². The van der Waals surface area contributed by atoms with Gasteiger partial charge in [0.2, 0.25) is 0 Å². The smallest absolute Gasteiger partial charge is 0.0473 e. The summed E-state index contributed by atoms with van der Waals surface area (Å²) >= 11 is 3.68. The van der Waals surface area contributed by atoms with E-state index in [1.54, 1.807) is 0 Å². The highest BCUT2D eigenvalue weighted by Gasteiger charge is 2.14. The first-order valence-corrected chi connectivity index (χ1v) is 9.37. The van der Waals surface area contributed by atoms with Gasteiger partial charge in [0.05, 0.1) is 0 Å². The molecule has 0 aliphatic heterocycles. The van der Waals surface area contributed by atoms with E-state index in [0.717, 1.165) is 10.2 Å². The minimum Gasteiger partial charge on any atom is -0.310 e. The van der Waals surface area contributed by atoms with Crippen molar-refractivity contribution >= 4 is 33.0 Å². The van der Waals surface area contributed by atoms with Crippen LogP contribution in [0.15, 0.2) is 59.1 Å². The van der Waals surface area contributed by atoms with Gasteiger partial charge in [0.1, 0.15) is 0 Å². The van der Waals surface area contributed by atoms with Crippen LogP contribution >= 0.6 is 15.9 Å². The van der Waals surface area contributed by atoms with E-state index in [2.05, 4.69) is 110 Å². The van der Waals surface area contributed by atoms with Gasteiger partial charge in [-0.2, -0.15) is 0 Å². The number of aryl methyl sites for hydroxylation is 5. The lowest BCUT2D eigenvalue weighted by Crippen LogP contribution is -2.11. The van der Waals surface area contributed by atoms with Crippen LogP contribution in [0.2, 0.25) is 0 Å². The number of rotatable bonds is 3. The van der Waals surface area contributed by atoms with Gasteiger partial charge in [0, 0.05) is 21.5 Å². The predicted molar refractivity (Wildman–Crippen MR) is 113 cm³/mol. The first-order valence-electron chi connectivity index (χ1n) is 8.57. The van der Waals surface area contributed by atoms with Crippen LogP contribution in [-0.2, 0) is 0 Å². The van der Waals surface area contributed by atoms with Gasteiger partial charge in [-0.25, -0.2) is 0 Å². The van der Waals surface area contributed by atoms with Crippen LogP contribution in [-0.4, -0.2) is 0 Å². The molecule has 0 saturated heterocycles. The second-order valence-electron chi connectivity index (χ2n) is 6.81. The number of hydrogen-bond acceptors (Lipinski definition) is 1. The molecule has 0 spiro atoms. The third-order valence-corrected chi connectivity index (χ3v) is 5.77. The van der Waals surface area contributed by atoms with Crippen molar-refractivity contribution in [1.82, 2.24) is 0 Å². The van der Waals surface area contributed by atoms with Crippen molar-refractivity contribution in [2.45, 2.75) is 34.6 Å². The highest BCUT2D eigenvalue weighted by atomic mass is 79.9. The maximum Gasteiger partial charge on any atom is 0.0473 e. The van der Waals surface area contributed by atoms with Crippen LogP contribution in [0.4, 0.5) is 17.1 Å². The van der Waals surface area contributed by atoms with Crippen LogP contribution in [0.25, 0.3) is 0 Å². The van der Waals surface area contributed by atoms with E-state index < -0.39 is 0 Å². The maximum atomic E-state index is 3.68. The molecule has 0 atom stereocenters. The van der Waals surface area contributed by atoms with E-state index in [1.807, 2.05) is 0 Å². The molecule has 25 heavy (non-hydrogen) atoms. The Labute approximate surface area is 159 Å². The van der Waals surface area contributed by atoms with Gasteiger partial charge in [-0.15, -0.1) is 0 Å². The van der Waals surface area contributed by atoms with Crippen LogP contribution < -0.4 is 4.90 Å². The Morgan fingerprint density at radius 2 is 0.920 bits per heavy atom. The van der Waals surface area contributed by atoms with Crippen molar-refractivity contribution < 1.29 is 0 Å². The molecule has 1 nitrogen and oxygen atoms in total. The Hall–Kier alpha value is -2.06. The zero-order valence-electron chi connectivity index (χ0n) is 15.5. The van der Waals surface area contributed by atoms with Crippen molar-refractivity contribution in [2.75, 3.05) is 4.90 Å². The number of anilines is 3. The summed E-state index contributed by atoms with van der Waals surface area (Å²) in [4.78, 5) is 2.32. The molecular weight excluding hydrogens is 370 g/mol. The standard InChI is InChI=1S/C23H24BrN/c1-15-6-9-20(12-18(15)4)25(21-10-7-16(2)19(5)13-21)22-11-8-17(3)23(24)14-22/h6-14H,1-5H3. The van der Waals surface area contributed by atoms with E-state index in [9.17, 15) is 0 Å². The SMILES string of the molecule is Cc1ccc(N(c2ccc(C)c(C)c2)c2ccc(C)c(Br)c2)cc1C. The number of halogens is 1. The Bertz CT molecular complexity index is 805. The molecule has 0 fully saturated rings. The van der Waals surface area contributed by atoms with E-state index in [1.165, 1.54) is 39.2 Å². The quantitative estimate of drug-likeness (QED) is 0.446. The lowest BCUT2D eigenvalue weighted by molar-refractivity contribution is 1.22. The normalized spacial score (nSPS) is 10.8. The van der Waals surface area contributed by atoms with E-state index >= 15 is 0 Å². The van der Waals surface area contributed by atoms with E-state index in [-0.39, 0.29) is 0 Å². The average molecular weight is 394 g/mol. The Balaban J connectivity index is 2.21. The van der Waals surface area contributed by atoms with Crippen LogP contribution in [0.5, 0.6) is 0 Å². The summed E-state index contributed by atoms with van der Waals surface area (Å²) in [6, 6.07) is 19.9.